The van der Waals surface area contributed by atoms with Crippen LogP contribution < -0.4 is 20.5 Å². The Morgan fingerprint density at radius 1 is 1.36 bits per heavy atom. The molecule has 0 radical (unpaired) electrons. The fraction of sp³-hybridized carbons (Fsp3) is 0.391. The second kappa shape index (κ2) is 9.76. The summed E-state index contributed by atoms with van der Waals surface area (Å²) >= 11 is 6.36. The van der Waals surface area contributed by atoms with Gasteiger partial charge in [-0.3, -0.25) is 9.59 Å². The maximum absolute atomic E-state index is 12.6. The highest BCUT2D eigenvalue weighted by Gasteiger charge is 2.20. The van der Waals surface area contributed by atoms with Crippen LogP contribution >= 0.6 is 11.6 Å². The molecule has 174 valence electrons. The van der Waals surface area contributed by atoms with Crippen molar-refractivity contribution in [3.8, 4) is 5.75 Å². The van der Waals surface area contributed by atoms with Crippen molar-refractivity contribution in [1.29, 1.82) is 0 Å². The lowest BCUT2D eigenvalue weighted by Crippen LogP contribution is -2.42. The van der Waals surface area contributed by atoms with Gasteiger partial charge in [0.1, 0.15) is 11.6 Å². The molecule has 1 aliphatic rings. The van der Waals surface area contributed by atoms with Crippen LogP contribution in [-0.2, 0) is 16.6 Å². The van der Waals surface area contributed by atoms with E-state index in [4.69, 9.17) is 21.1 Å². The Hall–Kier alpha value is -3.17. The second-order valence-corrected chi connectivity index (χ2v) is 8.35. The van der Waals surface area contributed by atoms with Crippen LogP contribution in [-0.4, -0.2) is 52.7 Å². The number of aryl methyl sites for hydroxylation is 1. The molecule has 0 saturated carbocycles. The van der Waals surface area contributed by atoms with E-state index in [0.29, 0.717) is 42.9 Å². The van der Waals surface area contributed by atoms with E-state index in [0.717, 1.165) is 16.6 Å². The zero-order valence-electron chi connectivity index (χ0n) is 18.8. The molecule has 1 aromatic carbocycles. The van der Waals surface area contributed by atoms with Gasteiger partial charge >= 0.3 is 0 Å². The van der Waals surface area contributed by atoms with Gasteiger partial charge in [-0.2, -0.15) is 4.98 Å². The number of hydrogen-bond donors (Lipinski definition) is 1. The number of hydrogen-bond acceptors (Lipinski definition) is 8. The highest BCUT2D eigenvalue weighted by molar-refractivity contribution is 6.32. The van der Waals surface area contributed by atoms with Gasteiger partial charge < -0.3 is 24.3 Å². The number of halogens is 1. The van der Waals surface area contributed by atoms with Gasteiger partial charge in [-0.15, -0.1) is 0 Å². The topological polar surface area (TPSA) is 98.6 Å². The molecule has 1 unspecified atom stereocenters. The molecule has 4 rings (SSSR count). The number of nitrogens with zero attached hydrogens (tertiary/aromatic N) is 4. The maximum atomic E-state index is 12.6. The first-order chi connectivity index (χ1) is 15.9. The number of Topliss-reactive ketones (excluding diaryl/α,β-unsaturated/α-hetero) is 1. The van der Waals surface area contributed by atoms with E-state index in [-0.39, 0.29) is 29.8 Å². The van der Waals surface area contributed by atoms with E-state index in [1.165, 1.54) is 4.57 Å². The van der Waals surface area contributed by atoms with Gasteiger partial charge in [0.25, 0.3) is 5.56 Å². The van der Waals surface area contributed by atoms with E-state index in [9.17, 15) is 9.59 Å². The lowest BCUT2D eigenvalue weighted by Gasteiger charge is -2.31. The summed E-state index contributed by atoms with van der Waals surface area (Å²) in [6.07, 6.45) is 2.03. The van der Waals surface area contributed by atoms with Crippen LogP contribution in [0.2, 0.25) is 5.02 Å². The second-order valence-electron chi connectivity index (χ2n) is 7.95. The largest absolute Gasteiger partial charge is 0.480 e. The summed E-state index contributed by atoms with van der Waals surface area (Å²) in [7, 11) is 1.67. The van der Waals surface area contributed by atoms with Crippen molar-refractivity contribution in [2.24, 2.45) is 7.05 Å². The third kappa shape index (κ3) is 5.09. The van der Waals surface area contributed by atoms with Crippen LogP contribution in [0, 0.1) is 0 Å². The van der Waals surface area contributed by atoms with Gasteiger partial charge in [0.05, 0.1) is 24.4 Å². The Kier molecular flexibility index (Phi) is 6.80. The van der Waals surface area contributed by atoms with Gasteiger partial charge in [0.15, 0.2) is 17.4 Å². The molecule has 10 heteroatoms. The molecule has 2 aromatic heterocycles. The highest BCUT2D eigenvalue weighted by atomic mass is 35.5. The summed E-state index contributed by atoms with van der Waals surface area (Å²) in [5.74, 6) is 1.12. The first kappa shape index (κ1) is 23.0. The minimum absolute atomic E-state index is 0.0727. The minimum Gasteiger partial charge on any atom is -0.480 e. The number of benzene rings is 1. The highest BCUT2D eigenvalue weighted by Crippen LogP contribution is 2.28. The molecule has 1 N–H and O–H groups in total. The van der Waals surface area contributed by atoms with E-state index in [1.807, 2.05) is 25.1 Å². The van der Waals surface area contributed by atoms with Crippen LogP contribution in [0.1, 0.15) is 20.3 Å². The Labute approximate surface area is 196 Å². The molecule has 33 heavy (non-hydrogen) atoms. The van der Waals surface area contributed by atoms with Gasteiger partial charge in [0.2, 0.25) is 5.95 Å². The number of ketones is 1. The average Bonchev–Trinajstić information content (AvgIpc) is 2.81. The predicted molar refractivity (Wildman–Crippen MR) is 128 cm³/mol. The number of aromatic nitrogens is 3. The summed E-state index contributed by atoms with van der Waals surface area (Å²) in [5.41, 5.74) is 1.17. The molecule has 0 amide bonds. The Balaban J connectivity index is 1.62. The summed E-state index contributed by atoms with van der Waals surface area (Å²) < 4.78 is 12.6. The molecular formula is C23H26ClN5O4. The van der Waals surface area contributed by atoms with Crippen LogP contribution in [0.4, 0.5) is 17.5 Å². The van der Waals surface area contributed by atoms with E-state index >= 15 is 0 Å². The molecule has 1 saturated heterocycles. The summed E-state index contributed by atoms with van der Waals surface area (Å²) in [6, 6.07) is 7.20. The molecule has 1 atom stereocenters. The zero-order valence-corrected chi connectivity index (χ0v) is 19.6. The van der Waals surface area contributed by atoms with Crippen molar-refractivity contribution in [3.05, 3.63) is 45.8 Å². The number of ether oxygens (including phenoxy) is 2. The van der Waals surface area contributed by atoms with Crippen LogP contribution in [0.15, 0.2) is 35.3 Å². The third-order valence-electron chi connectivity index (χ3n) is 5.49. The average molecular weight is 472 g/mol. The van der Waals surface area contributed by atoms with Crippen molar-refractivity contribution < 1.29 is 14.3 Å². The van der Waals surface area contributed by atoms with Gasteiger partial charge in [-0.1, -0.05) is 18.5 Å². The molecule has 0 bridgehead atoms. The quantitative estimate of drug-likeness (QED) is 0.560. The van der Waals surface area contributed by atoms with Crippen molar-refractivity contribution in [2.45, 2.75) is 26.4 Å². The molecule has 0 aliphatic carbocycles. The number of pyridine rings is 1. The fourth-order valence-electron chi connectivity index (χ4n) is 3.63. The molecule has 1 fully saturated rings. The van der Waals surface area contributed by atoms with Crippen molar-refractivity contribution >= 4 is 45.7 Å². The third-order valence-corrected chi connectivity index (χ3v) is 5.77. The number of morpholine rings is 1. The number of nitrogens with one attached hydrogen (secondary N) is 1. The zero-order chi connectivity index (χ0) is 23.5. The Morgan fingerprint density at radius 3 is 2.94 bits per heavy atom. The first-order valence-corrected chi connectivity index (χ1v) is 11.2. The smallest absolute Gasteiger partial charge is 0.293 e. The normalized spacial score (nSPS) is 16.1. The monoisotopic (exact) mass is 471 g/mol. The molecular weight excluding hydrogens is 446 g/mol. The van der Waals surface area contributed by atoms with Gasteiger partial charge in [-0.25, -0.2) is 4.98 Å². The van der Waals surface area contributed by atoms with Crippen LogP contribution in [0.5, 0.6) is 5.75 Å². The molecule has 1 aliphatic heterocycles. The number of fused-ring (bicyclic) bond motifs is 1. The van der Waals surface area contributed by atoms with Crippen molar-refractivity contribution in [3.63, 3.8) is 0 Å². The summed E-state index contributed by atoms with van der Waals surface area (Å²) in [6.45, 7) is 5.67. The van der Waals surface area contributed by atoms with E-state index in [1.54, 1.807) is 26.2 Å². The van der Waals surface area contributed by atoms with Crippen LogP contribution in [0.25, 0.3) is 10.9 Å². The molecule has 9 nitrogen and oxygen atoms in total. The Bertz CT molecular complexity index is 1250. The van der Waals surface area contributed by atoms with Crippen LogP contribution in [0.3, 0.4) is 0 Å². The Morgan fingerprint density at radius 2 is 2.18 bits per heavy atom. The number of rotatable bonds is 7. The van der Waals surface area contributed by atoms with Crippen molar-refractivity contribution in [2.75, 3.05) is 36.5 Å². The first-order valence-electron chi connectivity index (χ1n) is 10.8. The van der Waals surface area contributed by atoms with E-state index in [2.05, 4.69) is 20.2 Å². The minimum atomic E-state index is -0.296. The summed E-state index contributed by atoms with van der Waals surface area (Å²) in [4.78, 5) is 35.2. The lowest BCUT2D eigenvalue weighted by atomic mass is 10.2. The maximum Gasteiger partial charge on any atom is 0.293 e. The van der Waals surface area contributed by atoms with Gasteiger partial charge in [-0.05, 0) is 31.2 Å². The number of anilines is 3. The van der Waals surface area contributed by atoms with E-state index < -0.39 is 0 Å². The number of carbonyl (C=O) groups excluding carboxylic acids is 1. The lowest BCUT2D eigenvalue weighted by molar-refractivity contribution is -0.120. The molecule has 3 heterocycles. The molecule has 0 spiro atoms. The SMILES string of the molecule is CCC(=O)COc1cc2cc(Nc3nc(N4CCOC(C)C4)ncc3Cl)ccc2n(C)c1=O. The van der Waals surface area contributed by atoms with Gasteiger partial charge in [0, 0.05) is 37.6 Å². The predicted octanol–water partition coefficient (Wildman–Crippen LogP) is 3.31. The number of carbonyl (C=O) groups is 1. The summed E-state index contributed by atoms with van der Waals surface area (Å²) in [5, 5.41) is 4.41. The molecule has 3 aromatic rings. The standard InChI is InChI=1S/C23H26ClN5O4/c1-4-17(30)13-33-20-10-15-9-16(5-6-19(15)28(3)22(20)31)26-21-18(24)11-25-23(27-21)29-7-8-32-14(2)12-29/h5-6,9-11,14H,4,7-8,12-13H2,1-3H3,(H,25,26,27). The van der Waals surface area contributed by atoms with Crippen molar-refractivity contribution in [1.82, 2.24) is 14.5 Å². The fourth-order valence-corrected chi connectivity index (χ4v) is 3.77.